The Bertz CT molecular complexity index is 1190. The molecule has 0 aromatic heterocycles. The van der Waals surface area contributed by atoms with Crippen LogP contribution >= 0.6 is 0 Å². The smallest absolute Gasteiger partial charge is 0.233 e. The number of rotatable bonds is 3. The fourth-order valence-corrected chi connectivity index (χ4v) is 6.25. The van der Waals surface area contributed by atoms with Crippen molar-refractivity contribution in [1.82, 2.24) is 0 Å². The molecule has 2 fully saturated rings. The van der Waals surface area contributed by atoms with Crippen molar-refractivity contribution in [2.75, 3.05) is 0 Å². The van der Waals surface area contributed by atoms with Gasteiger partial charge in [0.15, 0.2) is 0 Å². The van der Waals surface area contributed by atoms with Crippen LogP contribution in [0.25, 0.3) is 5.76 Å². The maximum Gasteiger partial charge on any atom is 0.233 e. The zero-order valence-corrected chi connectivity index (χ0v) is 19.1. The molecule has 0 bridgehead atoms. The zero-order valence-electron chi connectivity index (χ0n) is 19.1. The van der Waals surface area contributed by atoms with Gasteiger partial charge in [0.1, 0.15) is 22.6 Å². The Balaban J connectivity index is 1.62. The summed E-state index contributed by atoms with van der Waals surface area (Å²) >= 11 is 0. The number of carbonyl (C=O) groups is 1. The maximum absolute atomic E-state index is 13.9. The molecule has 0 spiro atoms. The molecule has 0 amide bonds. The van der Waals surface area contributed by atoms with Crippen molar-refractivity contribution < 1.29 is 14.3 Å². The first-order chi connectivity index (χ1) is 15.9. The van der Waals surface area contributed by atoms with Crippen molar-refractivity contribution in [3.8, 4) is 0 Å². The van der Waals surface area contributed by atoms with Gasteiger partial charge in [-0.05, 0) is 23.6 Å². The number of Topliss-reactive ketones (excluding diaryl/α,β-unsaturated/α-hetero) is 1. The largest absolute Gasteiger partial charge is 0.460 e. The van der Waals surface area contributed by atoms with Gasteiger partial charge in [-0.2, -0.15) is 0 Å². The first kappa shape index (κ1) is 20.4. The highest BCUT2D eigenvalue weighted by Crippen LogP contribution is 2.71. The highest BCUT2D eigenvalue weighted by molar-refractivity contribution is 5.93. The van der Waals surface area contributed by atoms with Crippen molar-refractivity contribution in [3.05, 3.63) is 114 Å². The number of ketones is 1. The van der Waals surface area contributed by atoms with Crippen molar-refractivity contribution in [2.24, 2.45) is 10.8 Å². The molecule has 3 nitrogen and oxygen atoms in total. The summed E-state index contributed by atoms with van der Waals surface area (Å²) in [6.07, 6.45) is 3.86. The van der Waals surface area contributed by atoms with Crippen LogP contribution in [-0.4, -0.2) is 11.6 Å². The van der Waals surface area contributed by atoms with Gasteiger partial charge in [0.25, 0.3) is 0 Å². The second-order valence-electron chi connectivity index (χ2n) is 10.2. The molecule has 3 aliphatic rings. The second kappa shape index (κ2) is 6.91. The van der Waals surface area contributed by atoms with Crippen molar-refractivity contribution in [3.63, 3.8) is 0 Å². The summed E-state index contributed by atoms with van der Waals surface area (Å²) in [6, 6.07) is 30.6. The summed E-state index contributed by atoms with van der Waals surface area (Å²) in [4.78, 5) is 13.9. The summed E-state index contributed by atoms with van der Waals surface area (Å²) < 4.78 is 14.1. The number of hydrogen-bond acceptors (Lipinski definition) is 3. The van der Waals surface area contributed by atoms with Crippen LogP contribution in [0.15, 0.2) is 97.1 Å². The Hall–Kier alpha value is -3.17. The lowest BCUT2D eigenvalue weighted by molar-refractivity contribution is -0.292. The number of ether oxygens (including phenoxy) is 2. The van der Waals surface area contributed by atoms with E-state index in [0.717, 1.165) is 28.9 Å². The van der Waals surface area contributed by atoms with Crippen molar-refractivity contribution in [2.45, 2.75) is 44.5 Å². The fourth-order valence-electron chi connectivity index (χ4n) is 6.25. The van der Waals surface area contributed by atoms with Crippen LogP contribution in [0.1, 0.15) is 49.8 Å². The monoisotopic (exact) mass is 436 g/mol. The fraction of sp³-hybridized carbons (Fsp3) is 0.300. The highest BCUT2D eigenvalue weighted by atomic mass is 16.7. The van der Waals surface area contributed by atoms with Crippen LogP contribution in [0, 0.1) is 10.8 Å². The molecule has 166 valence electrons. The molecule has 33 heavy (non-hydrogen) atoms. The van der Waals surface area contributed by atoms with Gasteiger partial charge in [0.05, 0.1) is 0 Å². The van der Waals surface area contributed by atoms with E-state index >= 15 is 0 Å². The molecule has 0 radical (unpaired) electrons. The van der Waals surface area contributed by atoms with E-state index in [0.29, 0.717) is 12.8 Å². The van der Waals surface area contributed by atoms with Crippen LogP contribution in [0.4, 0.5) is 0 Å². The first-order valence-electron chi connectivity index (χ1n) is 11.7. The van der Waals surface area contributed by atoms with Gasteiger partial charge < -0.3 is 9.47 Å². The minimum atomic E-state index is -1.08. The zero-order chi connectivity index (χ0) is 22.7. The Labute approximate surface area is 195 Å². The van der Waals surface area contributed by atoms with Crippen LogP contribution < -0.4 is 0 Å². The standard InChI is InChI=1S/C30H28O3/c1-27(2)19-18-26(31)28-20-25(22-12-6-3-7-13-22)32-30(27,28)33-29(21-28,23-14-8-4-9-15-23)24-16-10-5-11-17-24/h3-17,20H,18-19,21H2,1-2H3. The normalized spacial score (nSPS) is 29.0. The van der Waals surface area contributed by atoms with Gasteiger partial charge in [-0.3, -0.25) is 4.79 Å². The minimum Gasteiger partial charge on any atom is -0.460 e. The van der Waals surface area contributed by atoms with Crippen LogP contribution in [0.5, 0.6) is 0 Å². The number of benzene rings is 3. The molecule has 1 saturated heterocycles. The Morgan fingerprint density at radius 1 is 0.758 bits per heavy atom. The van der Waals surface area contributed by atoms with E-state index < -0.39 is 16.8 Å². The van der Waals surface area contributed by atoms with Gasteiger partial charge in [0, 0.05) is 23.8 Å². The average molecular weight is 437 g/mol. The second-order valence-corrected chi connectivity index (χ2v) is 10.2. The maximum atomic E-state index is 13.9. The topological polar surface area (TPSA) is 35.5 Å². The molecule has 1 aliphatic carbocycles. The van der Waals surface area contributed by atoms with E-state index in [1.165, 1.54) is 0 Å². The molecule has 2 aliphatic heterocycles. The van der Waals surface area contributed by atoms with E-state index in [1.807, 2.05) is 66.7 Å². The van der Waals surface area contributed by atoms with E-state index in [9.17, 15) is 4.79 Å². The third kappa shape index (κ3) is 2.63. The molecule has 3 aromatic carbocycles. The number of carbonyl (C=O) groups excluding carboxylic acids is 1. The molecule has 3 aromatic rings. The van der Waals surface area contributed by atoms with E-state index in [-0.39, 0.29) is 11.2 Å². The van der Waals surface area contributed by atoms with Gasteiger partial charge in [0.2, 0.25) is 5.79 Å². The number of hydrogen-bond donors (Lipinski definition) is 0. The SMILES string of the molecule is CC1(C)CCC(=O)C23C=C(c4ccccc4)OC12OC(c1ccccc1)(c1ccccc1)C3. The van der Waals surface area contributed by atoms with Crippen molar-refractivity contribution >= 4 is 11.5 Å². The van der Waals surface area contributed by atoms with Gasteiger partial charge in [-0.15, -0.1) is 0 Å². The third-order valence-corrected chi connectivity index (χ3v) is 7.97. The first-order valence-corrected chi connectivity index (χ1v) is 11.7. The third-order valence-electron chi connectivity index (χ3n) is 7.97. The predicted molar refractivity (Wildman–Crippen MR) is 128 cm³/mol. The summed E-state index contributed by atoms with van der Waals surface area (Å²) in [6.45, 7) is 4.37. The summed E-state index contributed by atoms with van der Waals surface area (Å²) in [7, 11) is 0. The highest BCUT2D eigenvalue weighted by Gasteiger charge is 2.78. The molecular formula is C30H28O3. The Kier molecular flexibility index (Phi) is 4.28. The van der Waals surface area contributed by atoms with Gasteiger partial charge >= 0.3 is 0 Å². The molecule has 2 atom stereocenters. The lowest BCUT2D eigenvalue weighted by atomic mass is 9.57. The molecule has 3 heteroatoms. The Morgan fingerprint density at radius 2 is 1.30 bits per heavy atom. The minimum absolute atomic E-state index is 0.210. The molecule has 1 saturated carbocycles. The molecular weight excluding hydrogens is 408 g/mol. The summed E-state index contributed by atoms with van der Waals surface area (Å²) in [5, 5.41) is 0. The molecule has 0 N–H and O–H groups in total. The van der Waals surface area contributed by atoms with E-state index in [2.05, 4.69) is 44.2 Å². The van der Waals surface area contributed by atoms with Crippen LogP contribution in [0.3, 0.4) is 0 Å². The molecule has 6 rings (SSSR count). The lowest BCUT2D eigenvalue weighted by Gasteiger charge is -2.51. The quantitative estimate of drug-likeness (QED) is 0.470. The Morgan fingerprint density at radius 3 is 1.85 bits per heavy atom. The van der Waals surface area contributed by atoms with Crippen molar-refractivity contribution in [1.29, 1.82) is 0 Å². The summed E-state index contributed by atoms with van der Waals surface area (Å²) in [5.74, 6) is -0.123. The predicted octanol–water partition coefficient (Wildman–Crippen LogP) is 6.49. The van der Waals surface area contributed by atoms with Gasteiger partial charge in [-0.1, -0.05) is 105 Å². The van der Waals surface area contributed by atoms with Crippen LogP contribution in [-0.2, 0) is 19.9 Å². The summed E-state index contributed by atoms with van der Waals surface area (Å²) in [5.41, 5.74) is 1.08. The van der Waals surface area contributed by atoms with E-state index in [4.69, 9.17) is 9.47 Å². The average Bonchev–Trinajstić information content (AvgIpc) is 3.36. The van der Waals surface area contributed by atoms with E-state index in [1.54, 1.807) is 0 Å². The molecule has 2 unspecified atom stereocenters. The van der Waals surface area contributed by atoms with Crippen LogP contribution in [0.2, 0.25) is 0 Å². The lowest BCUT2D eigenvalue weighted by Crippen LogP contribution is -2.60. The molecule has 2 heterocycles. The van der Waals surface area contributed by atoms with Gasteiger partial charge in [-0.25, -0.2) is 0 Å².